The Morgan fingerprint density at radius 2 is 2.24 bits per heavy atom. The lowest BCUT2D eigenvalue weighted by atomic mass is 9.94. The van der Waals surface area contributed by atoms with Gasteiger partial charge in [-0.2, -0.15) is 8.42 Å². The number of hydrogen-bond donors (Lipinski definition) is 0. The van der Waals surface area contributed by atoms with Crippen LogP contribution in [0.4, 0.5) is 0 Å². The Bertz CT molecular complexity index is 495. The molecule has 7 heteroatoms. The minimum absolute atomic E-state index is 0.136. The van der Waals surface area contributed by atoms with E-state index in [9.17, 15) is 13.2 Å². The monoisotopic (exact) mass is 276 g/mol. The van der Waals surface area contributed by atoms with Crippen molar-refractivity contribution in [3.05, 3.63) is 12.2 Å². The molecule has 17 heavy (non-hydrogen) atoms. The number of carbonyl (C=O) groups excluding carboxylic acids is 1. The van der Waals surface area contributed by atoms with Crippen LogP contribution in [0.15, 0.2) is 12.2 Å². The Morgan fingerprint density at radius 3 is 2.82 bits per heavy atom. The van der Waals surface area contributed by atoms with Gasteiger partial charge >= 0.3 is 5.97 Å². The van der Waals surface area contributed by atoms with Gasteiger partial charge in [-0.25, -0.2) is 4.79 Å². The Labute approximate surface area is 104 Å². The third-order valence-corrected chi connectivity index (χ3v) is 7.00. The lowest BCUT2D eigenvalue weighted by Gasteiger charge is -2.38. The van der Waals surface area contributed by atoms with Crippen molar-refractivity contribution in [3.8, 4) is 0 Å². The largest absolute Gasteiger partial charge is 0.455 e. The highest BCUT2D eigenvalue weighted by molar-refractivity contribution is 8.03. The van der Waals surface area contributed by atoms with Crippen molar-refractivity contribution in [2.45, 2.75) is 41.3 Å². The molecule has 4 rings (SSSR count). The number of esters is 1. The van der Waals surface area contributed by atoms with E-state index in [2.05, 4.69) is 6.58 Å². The van der Waals surface area contributed by atoms with Gasteiger partial charge in [-0.1, -0.05) is 6.58 Å². The summed E-state index contributed by atoms with van der Waals surface area (Å²) in [5.41, 5.74) is 0.316. The van der Waals surface area contributed by atoms with Crippen LogP contribution in [0.1, 0.15) is 13.3 Å². The number of rotatable bonds is 2. The fourth-order valence-corrected chi connectivity index (χ4v) is 6.75. The van der Waals surface area contributed by atoms with E-state index in [-0.39, 0.29) is 10.5 Å². The zero-order valence-electron chi connectivity index (χ0n) is 9.16. The molecule has 0 aromatic heterocycles. The zero-order chi connectivity index (χ0) is 12.4. The van der Waals surface area contributed by atoms with E-state index in [0.717, 1.165) is 0 Å². The molecular formula is C10H12O5S2. The molecule has 4 saturated heterocycles. The van der Waals surface area contributed by atoms with Gasteiger partial charge in [0.25, 0.3) is 10.1 Å². The molecule has 4 aliphatic heterocycles. The van der Waals surface area contributed by atoms with Crippen molar-refractivity contribution in [2.24, 2.45) is 0 Å². The van der Waals surface area contributed by atoms with Gasteiger partial charge in [0.15, 0.2) is 0 Å². The summed E-state index contributed by atoms with van der Waals surface area (Å²) in [5, 5.41) is -0.561. The summed E-state index contributed by atoms with van der Waals surface area (Å²) in [6.07, 6.45) is -0.344. The van der Waals surface area contributed by atoms with Crippen LogP contribution in [-0.2, 0) is 23.8 Å². The van der Waals surface area contributed by atoms with Crippen LogP contribution < -0.4 is 0 Å². The number of fused-ring (bicyclic) bond motifs is 1. The molecule has 4 unspecified atom stereocenters. The van der Waals surface area contributed by atoms with Crippen LogP contribution in [0.25, 0.3) is 0 Å². The number of carbonyl (C=O) groups is 1. The normalized spacial score (nSPS) is 44.9. The highest BCUT2D eigenvalue weighted by Crippen LogP contribution is 2.55. The summed E-state index contributed by atoms with van der Waals surface area (Å²) in [7, 11) is -3.45. The van der Waals surface area contributed by atoms with E-state index in [1.54, 1.807) is 18.7 Å². The summed E-state index contributed by atoms with van der Waals surface area (Å²) in [6, 6.07) is 0. The predicted octanol–water partition coefficient (Wildman–Crippen LogP) is 0.459. The highest BCUT2D eigenvalue weighted by atomic mass is 32.2. The molecule has 0 spiro atoms. The standard InChI is InChI=1S/C10H12O5S2/c1-4(2)10(11)14-8-7-5-3-6(9(8)16-5)17(12,13)15-7/h5-9H,1,3H2,2H3/t5?,6-,7?,8?,9?/m1/s1. The van der Waals surface area contributed by atoms with Crippen LogP contribution in [-0.4, -0.2) is 42.3 Å². The van der Waals surface area contributed by atoms with Gasteiger partial charge in [0.2, 0.25) is 0 Å². The Morgan fingerprint density at radius 1 is 1.53 bits per heavy atom. The number of ether oxygens (including phenoxy) is 1. The molecule has 4 aliphatic rings. The molecular weight excluding hydrogens is 264 g/mol. The van der Waals surface area contributed by atoms with Gasteiger partial charge in [0, 0.05) is 10.8 Å². The minimum atomic E-state index is -3.45. The summed E-state index contributed by atoms with van der Waals surface area (Å²) >= 11 is 1.56. The second-order valence-electron chi connectivity index (χ2n) is 4.62. The first-order valence-electron chi connectivity index (χ1n) is 5.34. The van der Waals surface area contributed by atoms with E-state index in [0.29, 0.717) is 12.0 Å². The van der Waals surface area contributed by atoms with Crippen molar-refractivity contribution in [2.75, 3.05) is 0 Å². The molecule has 5 nitrogen and oxygen atoms in total. The fourth-order valence-electron chi connectivity index (χ4n) is 2.59. The van der Waals surface area contributed by atoms with Crippen LogP contribution >= 0.6 is 11.8 Å². The zero-order valence-corrected chi connectivity index (χ0v) is 10.8. The van der Waals surface area contributed by atoms with Gasteiger partial charge in [0.1, 0.15) is 17.5 Å². The topological polar surface area (TPSA) is 69.7 Å². The van der Waals surface area contributed by atoms with Gasteiger partial charge in [-0.05, 0) is 13.3 Å². The maximum absolute atomic E-state index is 11.7. The molecule has 94 valence electrons. The average molecular weight is 276 g/mol. The Hall–Kier alpha value is -0.530. The third-order valence-electron chi connectivity index (χ3n) is 3.38. The first-order valence-corrected chi connectivity index (χ1v) is 7.75. The van der Waals surface area contributed by atoms with Crippen LogP contribution in [0, 0.1) is 0 Å². The lowest BCUT2D eigenvalue weighted by Crippen LogP contribution is -2.57. The highest BCUT2D eigenvalue weighted by Gasteiger charge is 2.66. The molecule has 0 N–H and O–H groups in total. The predicted molar refractivity (Wildman–Crippen MR) is 62.1 cm³/mol. The molecule has 0 amide bonds. The maximum Gasteiger partial charge on any atom is 0.333 e. The summed E-state index contributed by atoms with van der Waals surface area (Å²) in [4.78, 5) is 11.5. The van der Waals surface area contributed by atoms with E-state index >= 15 is 0 Å². The van der Waals surface area contributed by atoms with Crippen LogP contribution in [0.5, 0.6) is 0 Å². The van der Waals surface area contributed by atoms with Crippen LogP contribution in [0.3, 0.4) is 0 Å². The second kappa shape index (κ2) is 3.49. The molecule has 0 aliphatic carbocycles. The fraction of sp³-hybridized carbons (Fsp3) is 0.700. The third kappa shape index (κ3) is 1.56. The van der Waals surface area contributed by atoms with E-state index in [4.69, 9.17) is 8.92 Å². The van der Waals surface area contributed by atoms with E-state index in [1.165, 1.54) is 0 Å². The smallest absolute Gasteiger partial charge is 0.333 e. The summed E-state index contributed by atoms with van der Waals surface area (Å²) in [6.45, 7) is 5.08. The molecule has 0 saturated carbocycles. The number of thioether (sulfide) groups is 1. The minimum Gasteiger partial charge on any atom is -0.455 e. The van der Waals surface area contributed by atoms with Crippen molar-refractivity contribution in [1.82, 2.24) is 0 Å². The maximum atomic E-state index is 11.7. The summed E-state index contributed by atoms with van der Waals surface area (Å²) in [5.74, 6) is -0.477. The first kappa shape index (κ1) is 11.6. The molecule has 4 heterocycles. The molecule has 4 bridgehead atoms. The van der Waals surface area contributed by atoms with E-state index < -0.39 is 33.5 Å². The summed E-state index contributed by atoms with van der Waals surface area (Å²) < 4.78 is 33.7. The van der Waals surface area contributed by atoms with Crippen molar-refractivity contribution in [3.63, 3.8) is 0 Å². The quantitative estimate of drug-likeness (QED) is 0.414. The number of hydrogen-bond acceptors (Lipinski definition) is 6. The molecule has 5 atom stereocenters. The van der Waals surface area contributed by atoms with Crippen molar-refractivity contribution in [1.29, 1.82) is 0 Å². The van der Waals surface area contributed by atoms with E-state index in [1.807, 2.05) is 0 Å². The van der Waals surface area contributed by atoms with Gasteiger partial charge in [-0.3, -0.25) is 4.18 Å². The van der Waals surface area contributed by atoms with Crippen molar-refractivity contribution < 1.29 is 22.1 Å². The Balaban J connectivity index is 1.84. The van der Waals surface area contributed by atoms with Gasteiger partial charge in [-0.15, -0.1) is 11.8 Å². The molecule has 0 aromatic rings. The second-order valence-corrected chi connectivity index (χ2v) is 7.82. The SMILES string of the molecule is C=C(C)C(=O)OC1C2OS(=O)(=O)[C@@H]3CC2SC13. The van der Waals surface area contributed by atoms with Crippen LogP contribution in [0.2, 0.25) is 0 Å². The molecule has 0 aromatic carbocycles. The lowest BCUT2D eigenvalue weighted by molar-refractivity contribution is -0.150. The Kier molecular flexibility index (Phi) is 2.37. The molecule has 0 radical (unpaired) electrons. The van der Waals surface area contributed by atoms with Gasteiger partial charge < -0.3 is 4.74 Å². The van der Waals surface area contributed by atoms with Crippen molar-refractivity contribution >= 4 is 27.8 Å². The van der Waals surface area contributed by atoms with Gasteiger partial charge in [0.05, 0.1) is 5.25 Å². The first-order chi connectivity index (χ1) is 7.90. The average Bonchev–Trinajstić information content (AvgIpc) is 2.74. The molecule has 4 fully saturated rings.